The number of hydrogen-bond donors (Lipinski definition) is 2. The lowest BCUT2D eigenvalue weighted by Gasteiger charge is -2.11. The van der Waals surface area contributed by atoms with E-state index in [2.05, 4.69) is 23.5 Å². The number of likely N-dealkylation sites (N-methyl/N-ethyl adjacent to an activating group) is 1. The van der Waals surface area contributed by atoms with E-state index in [1.807, 2.05) is 20.8 Å². The Morgan fingerprint density at radius 1 is 1.28 bits per heavy atom. The van der Waals surface area contributed by atoms with Crippen LogP contribution < -0.4 is 5.32 Å². The van der Waals surface area contributed by atoms with Crippen LogP contribution in [0.2, 0.25) is 0 Å². The van der Waals surface area contributed by atoms with Gasteiger partial charge in [0.25, 0.3) is 0 Å². The zero-order valence-corrected chi connectivity index (χ0v) is 12.2. The molecule has 0 fully saturated rings. The minimum absolute atomic E-state index is 0.333. The van der Waals surface area contributed by atoms with Gasteiger partial charge in [-0.25, -0.2) is 0 Å². The van der Waals surface area contributed by atoms with Gasteiger partial charge in [0.2, 0.25) is 0 Å². The van der Waals surface area contributed by atoms with E-state index in [-0.39, 0.29) is 0 Å². The second-order valence-electron chi connectivity index (χ2n) is 4.71. The largest absolute Gasteiger partial charge is 0.391 e. The third-order valence-electron chi connectivity index (χ3n) is 2.62. The van der Waals surface area contributed by atoms with Crippen LogP contribution in [0.15, 0.2) is 18.2 Å². The summed E-state index contributed by atoms with van der Waals surface area (Å²) >= 11 is 0. The van der Waals surface area contributed by atoms with Gasteiger partial charge >= 0.3 is 0 Å². The highest BCUT2D eigenvalue weighted by molar-refractivity contribution is 7.84. The molecule has 2 unspecified atom stereocenters. The molecule has 3 nitrogen and oxygen atoms in total. The van der Waals surface area contributed by atoms with Crippen molar-refractivity contribution >= 4 is 10.8 Å². The standard InChI is InChI=1S/C14H23NO2S/c1-4-15-8-14(16)10-18(17)9-13-6-11(2)5-12(3)7-13/h5-7,14-16H,4,8-10H2,1-3H3. The third kappa shape index (κ3) is 5.76. The second-order valence-corrected chi connectivity index (χ2v) is 6.21. The van der Waals surface area contributed by atoms with Crippen molar-refractivity contribution in [1.29, 1.82) is 0 Å². The van der Waals surface area contributed by atoms with Crippen molar-refractivity contribution in [2.75, 3.05) is 18.8 Å². The van der Waals surface area contributed by atoms with E-state index < -0.39 is 16.9 Å². The summed E-state index contributed by atoms with van der Waals surface area (Å²) in [6.07, 6.45) is -0.531. The second kappa shape index (κ2) is 7.67. The van der Waals surface area contributed by atoms with Gasteiger partial charge in [-0.05, 0) is 26.0 Å². The maximum Gasteiger partial charge on any atom is 0.0779 e. The van der Waals surface area contributed by atoms with Gasteiger partial charge in [0.05, 0.1) is 11.9 Å². The molecule has 18 heavy (non-hydrogen) atoms. The summed E-state index contributed by atoms with van der Waals surface area (Å²) in [6.45, 7) is 7.40. The fraction of sp³-hybridized carbons (Fsp3) is 0.571. The van der Waals surface area contributed by atoms with E-state index in [4.69, 9.17) is 0 Å². The molecular weight excluding hydrogens is 246 g/mol. The number of nitrogens with one attached hydrogen (secondary N) is 1. The van der Waals surface area contributed by atoms with E-state index in [1.54, 1.807) is 0 Å². The first-order valence-corrected chi connectivity index (χ1v) is 7.81. The average Bonchev–Trinajstić information content (AvgIpc) is 2.24. The van der Waals surface area contributed by atoms with Crippen molar-refractivity contribution in [1.82, 2.24) is 5.32 Å². The van der Waals surface area contributed by atoms with Crippen LogP contribution in [0.3, 0.4) is 0 Å². The lowest BCUT2D eigenvalue weighted by atomic mass is 10.1. The third-order valence-corrected chi connectivity index (χ3v) is 4.03. The van der Waals surface area contributed by atoms with E-state index >= 15 is 0 Å². The SMILES string of the molecule is CCNCC(O)CS(=O)Cc1cc(C)cc(C)c1. The van der Waals surface area contributed by atoms with Crippen molar-refractivity contribution in [2.24, 2.45) is 0 Å². The molecule has 0 radical (unpaired) electrons. The predicted molar refractivity (Wildman–Crippen MR) is 77.2 cm³/mol. The molecule has 1 aromatic rings. The predicted octanol–water partition coefficient (Wildman–Crippen LogP) is 1.52. The van der Waals surface area contributed by atoms with E-state index in [1.165, 1.54) is 11.1 Å². The minimum Gasteiger partial charge on any atom is -0.391 e. The number of aliphatic hydroxyl groups is 1. The van der Waals surface area contributed by atoms with Crippen LogP contribution in [0.1, 0.15) is 23.6 Å². The van der Waals surface area contributed by atoms with Gasteiger partial charge in [0.15, 0.2) is 0 Å². The Kier molecular flexibility index (Phi) is 6.54. The van der Waals surface area contributed by atoms with Gasteiger partial charge < -0.3 is 10.4 Å². The zero-order chi connectivity index (χ0) is 13.5. The molecule has 0 amide bonds. The molecule has 0 aliphatic heterocycles. The van der Waals surface area contributed by atoms with Crippen LogP contribution >= 0.6 is 0 Å². The highest BCUT2D eigenvalue weighted by Crippen LogP contribution is 2.11. The summed E-state index contributed by atoms with van der Waals surface area (Å²) in [6, 6.07) is 6.22. The molecule has 0 aliphatic carbocycles. The summed E-state index contributed by atoms with van der Waals surface area (Å²) < 4.78 is 11.9. The molecule has 2 N–H and O–H groups in total. The monoisotopic (exact) mass is 269 g/mol. The van der Waals surface area contributed by atoms with Crippen molar-refractivity contribution in [2.45, 2.75) is 32.6 Å². The Morgan fingerprint density at radius 3 is 2.44 bits per heavy atom. The lowest BCUT2D eigenvalue weighted by Crippen LogP contribution is -2.31. The van der Waals surface area contributed by atoms with Gasteiger partial charge in [-0.2, -0.15) is 0 Å². The maximum atomic E-state index is 11.9. The Morgan fingerprint density at radius 2 is 1.89 bits per heavy atom. The van der Waals surface area contributed by atoms with Crippen LogP contribution in [0.5, 0.6) is 0 Å². The molecule has 0 heterocycles. The van der Waals surface area contributed by atoms with Gasteiger partial charge in [0, 0.05) is 23.1 Å². The molecule has 102 valence electrons. The molecule has 1 aromatic carbocycles. The highest BCUT2D eigenvalue weighted by atomic mass is 32.2. The summed E-state index contributed by atoms with van der Waals surface area (Å²) in [4.78, 5) is 0. The Labute approximate surface area is 112 Å². The highest BCUT2D eigenvalue weighted by Gasteiger charge is 2.10. The first-order valence-electron chi connectivity index (χ1n) is 6.32. The number of aliphatic hydroxyl groups excluding tert-OH is 1. The minimum atomic E-state index is -1.01. The molecule has 1 rings (SSSR count). The summed E-state index contributed by atoms with van der Waals surface area (Å²) in [7, 11) is -1.01. The zero-order valence-electron chi connectivity index (χ0n) is 11.4. The van der Waals surface area contributed by atoms with E-state index in [0.29, 0.717) is 18.1 Å². The van der Waals surface area contributed by atoms with E-state index in [0.717, 1.165) is 12.1 Å². The quantitative estimate of drug-likeness (QED) is 0.789. The van der Waals surface area contributed by atoms with Crippen molar-refractivity contribution in [3.63, 3.8) is 0 Å². The van der Waals surface area contributed by atoms with Crippen LogP contribution in [0.4, 0.5) is 0 Å². The van der Waals surface area contributed by atoms with Crippen LogP contribution in [0, 0.1) is 13.8 Å². The van der Waals surface area contributed by atoms with Crippen LogP contribution in [0.25, 0.3) is 0 Å². The Balaban J connectivity index is 2.48. The van der Waals surface area contributed by atoms with Crippen molar-refractivity contribution < 1.29 is 9.32 Å². The topological polar surface area (TPSA) is 49.3 Å². The maximum absolute atomic E-state index is 11.9. The molecule has 0 saturated carbocycles. The molecule has 0 aromatic heterocycles. The molecular formula is C14H23NO2S. The Hall–Kier alpha value is -0.710. The first kappa shape index (κ1) is 15.3. The average molecular weight is 269 g/mol. The van der Waals surface area contributed by atoms with Gasteiger partial charge in [0.1, 0.15) is 0 Å². The fourth-order valence-corrected chi connectivity index (χ4v) is 3.18. The lowest BCUT2D eigenvalue weighted by molar-refractivity contribution is 0.195. The molecule has 0 saturated heterocycles. The number of hydrogen-bond acceptors (Lipinski definition) is 3. The molecule has 0 aliphatic rings. The van der Waals surface area contributed by atoms with Gasteiger partial charge in [-0.1, -0.05) is 36.2 Å². The normalized spacial score (nSPS) is 14.4. The molecule has 0 bridgehead atoms. The van der Waals surface area contributed by atoms with Crippen molar-refractivity contribution in [3.8, 4) is 0 Å². The molecule has 4 heteroatoms. The smallest absolute Gasteiger partial charge is 0.0779 e. The molecule has 0 spiro atoms. The van der Waals surface area contributed by atoms with Crippen molar-refractivity contribution in [3.05, 3.63) is 34.9 Å². The number of rotatable bonds is 7. The van der Waals surface area contributed by atoms with Gasteiger partial charge in [-0.3, -0.25) is 4.21 Å². The molecule has 2 atom stereocenters. The van der Waals surface area contributed by atoms with E-state index in [9.17, 15) is 9.32 Å². The Bertz CT molecular complexity index is 387. The van der Waals surface area contributed by atoms with Crippen LogP contribution in [-0.4, -0.2) is 34.3 Å². The summed E-state index contributed by atoms with van der Waals surface area (Å²) in [5, 5.41) is 12.7. The number of aryl methyl sites for hydroxylation is 2. The summed E-state index contributed by atoms with van der Waals surface area (Å²) in [5.74, 6) is 0.853. The number of benzene rings is 1. The fourth-order valence-electron chi connectivity index (χ4n) is 1.98. The van der Waals surface area contributed by atoms with Crippen LogP contribution in [-0.2, 0) is 16.6 Å². The van der Waals surface area contributed by atoms with Gasteiger partial charge in [-0.15, -0.1) is 0 Å². The first-order chi connectivity index (χ1) is 8.51. The summed E-state index contributed by atoms with van der Waals surface area (Å²) in [5.41, 5.74) is 3.46.